The van der Waals surface area contributed by atoms with Gasteiger partial charge in [0.2, 0.25) is 0 Å². The van der Waals surface area contributed by atoms with Crippen molar-refractivity contribution in [3.8, 4) is 0 Å². The average molecular weight is 945 g/mol. The molecule has 10 heteroatoms. The van der Waals surface area contributed by atoms with E-state index in [9.17, 15) is 14.4 Å². The first-order valence-corrected chi connectivity index (χ1v) is 25.6. The molecular formula is C60H72N4O6. The summed E-state index contributed by atoms with van der Waals surface area (Å²) in [6.07, 6.45) is 14.0. The molecule has 3 aliphatic carbocycles. The maximum absolute atomic E-state index is 11.8. The van der Waals surface area contributed by atoms with Crippen LogP contribution in [0.3, 0.4) is 0 Å². The van der Waals surface area contributed by atoms with Gasteiger partial charge in [-0.05, 0) is 208 Å². The number of hydroxylamine groups is 1. The van der Waals surface area contributed by atoms with E-state index in [0.717, 1.165) is 77.8 Å². The number of nitrogens with one attached hydrogen (secondary N) is 2. The van der Waals surface area contributed by atoms with Gasteiger partial charge in [-0.15, -0.1) is 0 Å². The van der Waals surface area contributed by atoms with Crippen LogP contribution >= 0.6 is 0 Å². The Balaban J connectivity index is 0.000000133. The average Bonchev–Trinajstić information content (AvgIpc) is 4.12. The van der Waals surface area contributed by atoms with Crippen LogP contribution in [0.4, 0.5) is 0 Å². The van der Waals surface area contributed by atoms with Gasteiger partial charge in [-0.25, -0.2) is 15.1 Å². The van der Waals surface area contributed by atoms with E-state index >= 15 is 0 Å². The number of methoxy groups -OCH3 is 2. The second kappa shape index (κ2) is 21.4. The summed E-state index contributed by atoms with van der Waals surface area (Å²) in [5.74, 6) is -0.905. The number of benzene rings is 5. The van der Waals surface area contributed by atoms with Crippen LogP contribution in [0.15, 0.2) is 103 Å². The molecule has 0 bridgehead atoms. The van der Waals surface area contributed by atoms with Gasteiger partial charge in [0.05, 0.1) is 25.3 Å². The lowest BCUT2D eigenvalue weighted by atomic mass is 9.71. The molecule has 10 nitrogen and oxygen atoms in total. The number of fused-ring (bicyclic) bond motifs is 3. The van der Waals surface area contributed by atoms with Crippen molar-refractivity contribution in [1.82, 2.24) is 20.6 Å². The Hall–Kier alpha value is -5.65. The predicted octanol–water partition coefficient (Wildman–Crippen LogP) is 9.60. The zero-order chi connectivity index (χ0) is 48.9. The van der Waals surface area contributed by atoms with Crippen molar-refractivity contribution in [3.63, 3.8) is 0 Å². The molecule has 3 aliphatic heterocycles. The Morgan fingerprint density at radius 2 is 0.957 bits per heavy atom. The summed E-state index contributed by atoms with van der Waals surface area (Å²) in [5.41, 5.74) is 18.4. The van der Waals surface area contributed by atoms with E-state index in [4.69, 9.17) is 14.7 Å². The van der Waals surface area contributed by atoms with Crippen LogP contribution in [0.1, 0.15) is 125 Å². The Morgan fingerprint density at radius 3 is 1.37 bits per heavy atom. The summed E-state index contributed by atoms with van der Waals surface area (Å²) in [7, 11) is 2.87. The summed E-state index contributed by atoms with van der Waals surface area (Å²) in [4.78, 5) is 40.1. The van der Waals surface area contributed by atoms with E-state index in [1.807, 2.05) is 36.4 Å². The van der Waals surface area contributed by atoms with Crippen molar-refractivity contribution < 1.29 is 29.1 Å². The molecule has 6 aliphatic rings. The first kappa shape index (κ1) is 49.3. The van der Waals surface area contributed by atoms with Gasteiger partial charge in [-0.1, -0.05) is 77.9 Å². The summed E-state index contributed by atoms with van der Waals surface area (Å²) < 4.78 is 9.62. The van der Waals surface area contributed by atoms with Crippen molar-refractivity contribution in [2.24, 2.45) is 16.2 Å². The number of ether oxygens (including phenoxy) is 2. The molecule has 368 valence electrons. The third-order valence-electron chi connectivity index (χ3n) is 16.7. The van der Waals surface area contributed by atoms with E-state index in [2.05, 4.69) is 95.7 Å². The highest BCUT2D eigenvalue weighted by Gasteiger charge is 2.42. The van der Waals surface area contributed by atoms with Gasteiger partial charge < -0.3 is 14.8 Å². The Labute approximate surface area is 415 Å². The SMILES string of the molecule is COC(=O)c1ccc2c(c1)CCC1(CCN(Cc3ccc(C)cc3)C1)C2.COC(=O)c1ccc2c(c1)CCC1(CCNC1)C2.Cc1ccc(CN2CCC3(CCc4cc(C(=O)NO)ccc4C3)C2)cc1. The normalized spacial score (nSPS) is 23.3. The van der Waals surface area contributed by atoms with E-state index in [1.54, 1.807) is 5.48 Å². The fourth-order valence-electron chi connectivity index (χ4n) is 12.6. The summed E-state index contributed by atoms with van der Waals surface area (Å²) in [6, 6.07) is 35.7. The number of amides is 1. The number of esters is 2. The van der Waals surface area contributed by atoms with Crippen LogP contribution in [0.5, 0.6) is 0 Å². The monoisotopic (exact) mass is 945 g/mol. The second-order valence-electron chi connectivity index (χ2n) is 21.7. The quantitative estimate of drug-likeness (QED) is 0.0833. The second-order valence-corrected chi connectivity index (χ2v) is 21.7. The molecule has 11 rings (SSSR count). The first-order valence-electron chi connectivity index (χ1n) is 25.6. The van der Waals surface area contributed by atoms with Crippen molar-refractivity contribution >= 4 is 17.8 Å². The van der Waals surface area contributed by atoms with Crippen LogP contribution in [-0.4, -0.2) is 86.3 Å². The highest BCUT2D eigenvalue weighted by molar-refractivity contribution is 5.93. The molecule has 3 N–H and O–H groups in total. The molecule has 3 fully saturated rings. The minimum absolute atomic E-state index is 0.236. The molecule has 3 spiro atoms. The Bertz CT molecular complexity index is 2540. The van der Waals surface area contributed by atoms with Gasteiger partial charge >= 0.3 is 11.9 Å². The van der Waals surface area contributed by atoms with Gasteiger partial charge in [0, 0.05) is 38.3 Å². The van der Waals surface area contributed by atoms with E-state index < -0.39 is 5.91 Å². The standard InChI is InChI=1S/C23H27NO2.C22H26N2O2.C15H19NO2/c1-17-3-5-18(6-4-17)15-24-12-11-23(16-24)10-9-19-13-20(22(25)26-2)7-8-21(19)14-23;1-16-2-4-17(5-3-16)14-24-11-10-22(15-24)9-8-18-12-19(21(25)23-26)6-7-20(18)13-22;1-18-14(17)12-2-3-13-9-15(6-7-16-10-15)5-4-11(13)8-12/h3-8,13H,9-12,14-16H2,1-2H3;2-7,12,26H,8-11,13-15H2,1H3,(H,23,25);2-3,8,16H,4-7,9-10H2,1H3. The molecule has 70 heavy (non-hydrogen) atoms. The summed E-state index contributed by atoms with van der Waals surface area (Å²) >= 11 is 0. The van der Waals surface area contributed by atoms with E-state index in [0.29, 0.717) is 32.9 Å². The fourth-order valence-corrected chi connectivity index (χ4v) is 12.6. The third kappa shape index (κ3) is 11.4. The Morgan fingerprint density at radius 1 is 0.543 bits per heavy atom. The zero-order valence-electron chi connectivity index (χ0n) is 41.8. The van der Waals surface area contributed by atoms with Crippen LogP contribution < -0.4 is 10.8 Å². The van der Waals surface area contributed by atoms with Crippen molar-refractivity contribution in [2.45, 2.75) is 104 Å². The number of carbonyl (C=O) groups is 3. The van der Waals surface area contributed by atoms with Crippen LogP contribution in [0, 0.1) is 30.1 Å². The number of nitrogens with zero attached hydrogens (tertiary/aromatic N) is 2. The van der Waals surface area contributed by atoms with Gasteiger partial charge in [0.1, 0.15) is 0 Å². The van der Waals surface area contributed by atoms with Crippen LogP contribution in [0.25, 0.3) is 0 Å². The zero-order valence-corrected chi connectivity index (χ0v) is 41.8. The van der Waals surface area contributed by atoms with Gasteiger partial charge in [0.15, 0.2) is 0 Å². The number of hydrogen-bond donors (Lipinski definition) is 3. The molecule has 5 aromatic rings. The smallest absolute Gasteiger partial charge is 0.337 e. The predicted molar refractivity (Wildman–Crippen MR) is 274 cm³/mol. The van der Waals surface area contributed by atoms with E-state index in [1.165, 1.54) is 121 Å². The number of aryl methyl sites for hydroxylation is 5. The number of hydrogen-bond acceptors (Lipinski definition) is 9. The Kier molecular flexibility index (Phi) is 15.1. The number of likely N-dealkylation sites (tertiary alicyclic amines) is 2. The molecular weight excluding hydrogens is 873 g/mol. The first-order chi connectivity index (χ1) is 33.9. The highest BCUT2D eigenvalue weighted by Crippen LogP contribution is 2.45. The molecule has 0 saturated carbocycles. The van der Waals surface area contributed by atoms with E-state index in [-0.39, 0.29) is 11.9 Å². The van der Waals surface area contributed by atoms with Crippen molar-refractivity contribution in [3.05, 3.63) is 175 Å². The lowest BCUT2D eigenvalue weighted by Gasteiger charge is -2.35. The van der Waals surface area contributed by atoms with Crippen LogP contribution in [-0.2, 0) is 61.1 Å². The molecule has 3 unspecified atom stereocenters. The maximum Gasteiger partial charge on any atom is 0.337 e. The molecule has 0 aromatic heterocycles. The fraction of sp³-hybridized carbons (Fsp3) is 0.450. The summed E-state index contributed by atoms with van der Waals surface area (Å²) in [5, 5.41) is 12.3. The van der Waals surface area contributed by atoms with Gasteiger partial charge in [-0.2, -0.15) is 0 Å². The minimum atomic E-state index is -0.432. The molecule has 3 heterocycles. The lowest BCUT2D eigenvalue weighted by molar-refractivity contribution is 0.0591. The van der Waals surface area contributed by atoms with Crippen LogP contribution in [0.2, 0.25) is 0 Å². The lowest BCUT2D eigenvalue weighted by Crippen LogP contribution is -2.33. The maximum atomic E-state index is 11.8. The number of rotatable bonds is 7. The molecule has 1 amide bonds. The molecule has 5 aromatic carbocycles. The van der Waals surface area contributed by atoms with Gasteiger partial charge in [-0.3, -0.25) is 19.8 Å². The highest BCUT2D eigenvalue weighted by atomic mass is 16.5. The van der Waals surface area contributed by atoms with Gasteiger partial charge in [0.25, 0.3) is 5.91 Å². The topological polar surface area (TPSA) is 120 Å². The van der Waals surface area contributed by atoms with Crippen molar-refractivity contribution in [2.75, 3.05) is 53.5 Å². The third-order valence-corrected chi connectivity index (χ3v) is 16.7. The molecule has 0 radical (unpaired) electrons. The largest absolute Gasteiger partial charge is 0.465 e. The summed E-state index contributed by atoms with van der Waals surface area (Å²) in [6.45, 7) is 13.3. The number of carbonyl (C=O) groups excluding carboxylic acids is 3. The molecule has 3 saturated heterocycles. The minimum Gasteiger partial charge on any atom is -0.465 e. The van der Waals surface area contributed by atoms with Crippen molar-refractivity contribution in [1.29, 1.82) is 0 Å². The molecule has 3 atom stereocenters.